The van der Waals surface area contributed by atoms with Gasteiger partial charge >= 0.3 is 0 Å². The van der Waals surface area contributed by atoms with E-state index >= 15 is 0 Å². The number of likely N-dealkylation sites (N-methyl/N-ethyl adjacent to an activating group) is 1. The lowest BCUT2D eigenvalue weighted by Crippen LogP contribution is -2.44. The summed E-state index contributed by atoms with van der Waals surface area (Å²) in [6, 6.07) is 9.91. The molecule has 1 aromatic heterocycles. The fraction of sp³-hybridized carbons (Fsp3) is 0.444. The fourth-order valence-electron chi connectivity index (χ4n) is 3.07. The number of likely N-dealkylation sites (tertiary alicyclic amines) is 1. The van der Waals surface area contributed by atoms with Crippen LogP contribution in [0.3, 0.4) is 0 Å². The van der Waals surface area contributed by atoms with Crippen LogP contribution in [0.15, 0.2) is 42.7 Å². The lowest BCUT2D eigenvalue weighted by Gasteiger charge is -2.30. The summed E-state index contributed by atoms with van der Waals surface area (Å²) in [5, 5.41) is 13.9. The van der Waals surface area contributed by atoms with Crippen LogP contribution in [-0.4, -0.2) is 63.4 Å². The van der Waals surface area contributed by atoms with Crippen LogP contribution in [-0.2, 0) is 11.3 Å². The zero-order chi connectivity index (χ0) is 16.9. The molecule has 0 radical (unpaired) electrons. The highest BCUT2D eigenvalue weighted by Crippen LogP contribution is 2.13. The number of carbonyl (C=O) groups is 1. The van der Waals surface area contributed by atoms with Crippen molar-refractivity contribution in [1.29, 1.82) is 0 Å². The molecule has 1 aliphatic heterocycles. The highest BCUT2D eigenvalue weighted by Gasteiger charge is 2.21. The van der Waals surface area contributed by atoms with E-state index in [1.54, 1.807) is 15.8 Å². The number of hydrogen-bond acceptors (Lipinski definition) is 4. The summed E-state index contributed by atoms with van der Waals surface area (Å²) in [6.07, 6.45) is 5.12. The average Bonchev–Trinajstić information content (AvgIpc) is 3.09. The van der Waals surface area contributed by atoms with Crippen LogP contribution in [0.5, 0.6) is 0 Å². The van der Waals surface area contributed by atoms with Gasteiger partial charge in [-0.3, -0.25) is 9.69 Å². The van der Waals surface area contributed by atoms with E-state index in [0.29, 0.717) is 19.6 Å². The monoisotopic (exact) mass is 328 g/mol. The number of carbonyl (C=O) groups excluding carboxylic acids is 1. The Morgan fingerprint density at radius 2 is 2.29 bits per heavy atom. The first-order valence-electron chi connectivity index (χ1n) is 8.35. The first kappa shape index (κ1) is 16.7. The van der Waals surface area contributed by atoms with Gasteiger partial charge in [0.2, 0.25) is 5.91 Å². The molecule has 1 N–H and O–H groups in total. The van der Waals surface area contributed by atoms with Crippen molar-refractivity contribution >= 4 is 5.91 Å². The molecule has 3 rings (SSSR count). The number of hydrogen-bond donors (Lipinski definition) is 1. The number of amides is 1. The minimum Gasteiger partial charge on any atom is -0.392 e. The Labute approximate surface area is 142 Å². The predicted molar refractivity (Wildman–Crippen MR) is 91.7 cm³/mol. The summed E-state index contributed by atoms with van der Waals surface area (Å²) in [4.78, 5) is 16.2. The second-order valence-corrected chi connectivity index (χ2v) is 6.40. The second kappa shape index (κ2) is 7.59. The van der Waals surface area contributed by atoms with Crippen molar-refractivity contribution in [3.8, 4) is 5.69 Å². The van der Waals surface area contributed by atoms with Crippen molar-refractivity contribution in [3.05, 3.63) is 48.3 Å². The third kappa shape index (κ3) is 4.21. The van der Waals surface area contributed by atoms with Crippen molar-refractivity contribution in [2.24, 2.45) is 0 Å². The quantitative estimate of drug-likeness (QED) is 0.898. The minimum atomic E-state index is -0.303. The van der Waals surface area contributed by atoms with E-state index in [-0.39, 0.29) is 12.0 Å². The molecule has 1 fully saturated rings. The Kier molecular flexibility index (Phi) is 5.27. The fourth-order valence-corrected chi connectivity index (χ4v) is 3.07. The largest absolute Gasteiger partial charge is 0.392 e. The summed E-state index contributed by atoms with van der Waals surface area (Å²) in [5.74, 6) is 0.0774. The van der Waals surface area contributed by atoms with Gasteiger partial charge in [0, 0.05) is 32.5 Å². The van der Waals surface area contributed by atoms with E-state index in [4.69, 9.17) is 0 Å². The van der Waals surface area contributed by atoms with E-state index in [1.807, 2.05) is 48.5 Å². The molecular weight excluding hydrogens is 304 g/mol. The van der Waals surface area contributed by atoms with Gasteiger partial charge in [-0.25, -0.2) is 4.68 Å². The van der Waals surface area contributed by atoms with Crippen LogP contribution >= 0.6 is 0 Å². The van der Waals surface area contributed by atoms with Gasteiger partial charge in [-0.1, -0.05) is 12.1 Å². The molecule has 0 unspecified atom stereocenters. The zero-order valence-corrected chi connectivity index (χ0v) is 14.0. The summed E-state index contributed by atoms with van der Waals surface area (Å²) in [6.45, 7) is 2.40. The third-order valence-corrected chi connectivity index (χ3v) is 4.36. The molecular formula is C18H24N4O2. The Hall–Kier alpha value is -2.18. The number of benzene rings is 1. The molecule has 0 saturated carbocycles. The first-order valence-corrected chi connectivity index (χ1v) is 8.35. The molecule has 0 spiro atoms. The molecule has 6 nitrogen and oxygen atoms in total. The van der Waals surface area contributed by atoms with Crippen LogP contribution in [0.2, 0.25) is 0 Å². The molecule has 1 aromatic carbocycles. The highest BCUT2D eigenvalue weighted by molar-refractivity contribution is 5.78. The van der Waals surface area contributed by atoms with Gasteiger partial charge in [0.25, 0.3) is 0 Å². The summed E-state index contributed by atoms with van der Waals surface area (Å²) in [7, 11) is 1.82. The SMILES string of the molecule is CN(Cc1cccc(-n2cccn2)c1)C(=O)CN1CCC[C@@H](O)C1. The molecule has 24 heavy (non-hydrogen) atoms. The van der Waals surface area contributed by atoms with E-state index in [1.165, 1.54) is 0 Å². The molecule has 1 saturated heterocycles. The Morgan fingerprint density at radius 1 is 1.42 bits per heavy atom. The van der Waals surface area contributed by atoms with Crippen molar-refractivity contribution in [2.75, 3.05) is 26.7 Å². The van der Waals surface area contributed by atoms with Crippen LogP contribution in [0.1, 0.15) is 18.4 Å². The minimum absolute atomic E-state index is 0.0774. The van der Waals surface area contributed by atoms with Crippen molar-refractivity contribution in [3.63, 3.8) is 0 Å². The van der Waals surface area contributed by atoms with Crippen LogP contribution in [0.4, 0.5) is 0 Å². The number of β-amino-alcohol motifs (C(OH)–C–C–N with tert-alkyl or cyclic N) is 1. The zero-order valence-electron chi connectivity index (χ0n) is 14.0. The number of aromatic nitrogens is 2. The first-order chi connectivity index (χ1) is 11.6. The molecule has 1 aliphatic rings. The average molecular weight is 328 g/mol. The molecule has 2 aromatic rings. The molecule has 1 atom stereocenters. The maximum atomic E-state index is 12.4. The Balaban J connectivity index is 1.59. The molecule has 2 heterocycles. The van der Waals surface area contributed by atoms with Crippen molar-refractivity contribution in [1.82, 2.24) is 19.6 Å². The van der Waals surface area contributed by atoms with Gasteiger partial charge in [-0.05, 0) is 43.1 Å². The van der Waals surface area contributed by atoms with Crippen LogP contribution in [0.25, 0.3) is 5.69 Å². The number of piperidine rings is 1. The maximum Gasteiger partial charge on any atom is 0.236 e. The number of aliphatic hydroxyl groups excluding tert-OH is 1. The van der Waals surface area contributed by atoms with Crippen LogP contribution in [0, 0.1) is 0 Å². The molecule has 0 aliphatic carbocycles. The number of aliphatic hydroxyl groups is 1. The normalized spacial score (nSPS) is 18.5. The lowest BCUT2D eigenvalue weighted by molar-refractivity contribution is -0.132. The van der Waals surface area contributed by atoms with Crippen molar-refractivity contribution < 1.29 is 9.90 Å². The molecule has 6 heteroatoms. The highest BCUT2D eigenvalue weighted by atomic mass is 16.3. The molecule has 0 bridgehead atoms. The van der Waals surface area contributed by atoms with E-state index in [9.17, 15) is 9.90 Å². The van der Waals surface area contributed by atoms with Gasteiger partial charge in [0.1, 0.15) is 0 Å². The van der Waals surface area contributed by atoms with Crippen LogP contribution < -0.4 is 0 Å². The number of rotatable bonds is 5. The summed E-state index contributed by atoms with van der Waals surface area (Å²) >= 11 is 0. The van der Waals surface area contributed by atoms with Crippen molar-refractivity contribution in [2.45, 2.75) is 25.5 Å². The van der Waals surface area contributed by atoms with Gasteiger partial charge in [0.15, 0.2) is 0 Å². The van der Waals surface area contributed by atoms with E-state index < -0.39 is 0 Å². The molecule has 1 amide bonds. The molecule has 128 valence electrons. The van der Waals surface area contributed by atoms with Gasteiger partial charge < -0.3 is 10.0 Å². The van der Waals surface area contributed by atoms with E-state index in [2.05, 4.69) is 5.10 Å². The Bertz CT molecular complexity index is 671. The Morgan fingerprint density at radius 3 is 3.04 bits per heavy atom. The maximum absolute atomic E-state index is 12.4. The number of nitrogens with zero attached hydrogens (tertiary/aromatic N) is 4. The topological polar surface area (TPSA) is 61.6 Å². The second-order valence-electron chi connectivity index (χ2n) is 6.40. The standard InChI is InChI=1S/C18H24N4O2/c1-20(18(24)14-21-9-3-7-17(23)13-21)12-15-5-2-6-16(11-15)22-10-4-8-19-22/h2,4-6,8,10-11,17,23H,3,7,9,12-14H2,1H3/t17-/m1/s1. The smallest absolute Gasteiger partial charge is 0.236 e. The summed E-state index contributed by atoms with van der Waals surface area (Å²) in [5.41, 5.74) is 2.05. The third-order valence-electron chi connectivity index (χ3n) is 4.36. The predicted octanol–water partition coefficient (Wildman–Crippen LogP) is 1.29. The lowest BCUT2D eigenvalue weighted by atomic mass is 10.1. The van der Waals surface area contributed by atoms with Gasteiger partial charge in [0.05, 0.1) is 18.3 Å². The van der Waals surface area contributed by atoms with Gasteiger partial charge in [-0.15, -0.1) is 0 Å². The van der Waals surface area contributed by atoms with Gasteiger partial charge in [-0.2, -0.15) is 5.10 Å². The summed E-state index contributed by atoms with van der Waals surface area (Å²) < 4.78 is 1.81. The van der Waals surface area contributed by atoms with E-state index in [0.717, 1.165) is 30.6 Å².